The minimum atomic E-state index is -0.150. The molecule has 0 amide bonds. The largest absolute Gasteiger partial charge is 0.389 e. The maximum atomic E-state index is 12.2. The van der Waals surface area contributed by atoms with Gasteiger partial charge >= 0.3 is 5.69 Å². The first-order valence-electron chi connectivity index (χ1n) is 6.50. The Balaban J connectivity index is 2.01. The van der Waals surface area contributed by atoms with Crippen molar-refractivity contribution in [3.05, 3.63) is 69.8 Å². The lowest BCUT2D eigenvalue weighted by Gasteiger charge is -2.07. The van der Waals surface area contributed by atoms with Crippen molar-refractivity contribution < 1.29 is 0 Å². The second-order valence-corrected chi connectivity index (χ2v) is 5.31. The van der Waals surface area contributed by atoms with E-state index >= 15 is 0 Å². The van der Waals surface area contributed by atoms with E-state index in [9.17, 15) is 4.79 Å². The van der Waals surface area contributed by atoms with Gasteiger partial charge < -0.3 is 5.73 Å². The molecule has 0 unspecified atom stereocenters. The minimum absolute atomic E-state index is 0.150. The highest BCUT2D eigenvalue weighted by Gasteiger charge is 2.08. The molecular weight excluding hydrogens is 284 g/mol. The van der Waals surface area contributed by atoms with Gasteiger partial charge in [0.25, 0.3) is 0 Å². The summed E-state index contributed by atoms with van der Waals surface area (Å²) in [6.07, 6.45) is 1.71. The van der Waals surface area contributed by atoms with Crippen LogP contribution in [-0.4, -0.2) is 19.2 Å². The molecule has 3 aromatic rings. The number of nitrogens with two attached hydrogens (primary N) is 1. The Morgan fingerprint density at radius 3 is 2.81 bits per heavy atom. The lowest BCUT2D eigenvalue weighted by Crippen LogP contribution is -2.22. The van der Waals surface area contributed by atoms with Crippen molar-refractivity contribution in [1.29, 1.82) is 0 Å². The van der Waals surface area contributed by atoms with Crippen LogP contribution in [0.2, 0.25) is 0 Å². The molecule has 0 aliphatic heterocycles. The SMILES string of the molecule is Cc1cc(C(N)=S)ccc1Cn1nc2ccccn2c1=O. The van der Waals surface area contributed by atoms with Gasteiger partial charge in [0.2, 0.25) is 0 Å². The van der Waals surface area contributed by atoms with E-state index in [0.717, 1.165) is 16.7 Å². The van der Waals surface area contributed by atoms with Crippen LogP contribution in [0.15, 0.2) is 47.4 Å². The zero-order chi connectivity index (χ0) is 15.0. The predicted molar refractivity (Wildman–Crippen MR) is 85.6 cm³/mol. The van der Waals surface area contributed by atoms with E-state index in [1.165, 1.54) is 9.08 Å². The molecule has 0 radical (unpaired) electrons. The first-order valence-corrected chi connectivity index (χ1v) is 6.90. The van der Waals surface area contributed by atoms with E-state index in [0.29, 0.717) is 17.2 Å². The molecule has 2 aromatic heterocycles. The number of pyridine rings is 1. The van der Waals surface area contributed by atoms with Gasteiger partial charge in [-0.1, -0.05) is 30.4 Å². The highest BCUT2D eigenvalue weighted by molar-refractivity contribution is 7.80. The van der Waals surface area contributed by atoms with Crippen molar-refractivity contribution in [2.24, 2.45) is 5.73 Å². The summed E-state index contributed by atoms with van der Waals surface area (Å²) in [6, 6.07) is 11.2. The molecule has 0 aliphatic carbocycles. The van der Waals surface area contributed by atoms with Gasteiger partial charge in [-0.2, -0.15) is 0 Å². The Kier molecular flexibility index (Phi) is 3.31. The van der Waals surface area contributed by atoms with Gasteiger partial charge in [0.1, 0.15) is 4.99 Å². The summed E-state index contributed by atoms with van der Waals surface area (Å²) >= 11 is 4.97. The maximum Gasteiger partial charge on any atom is 0.350 e. The van der Waals surface area contributed by atoms with Crippen LogP contribution in [0.5, 0.6) is 0 Å². The standard InChI is InChI=1S/C15H14N4OS/c1-10-8-11(14(16)21)5-6-12(10)9-19-15(20)18-7-3-2-4-13(18)17-19/h2-8H,9H2,1H3,(H2,16,21). The van der Waals surface area contributed by atoms with E-state index in [1.54, 1.807) is 12.3 Å². The molecule has 0 saturated carbocycles. The molecule has 3 rings (SSSR count). The molecule has 0 atom stereocenters. The quantitative estimate of drug-likeness (QED) is 0.744. The van der Waals surface area contributed by atoms with Crippen LogP contribution in [0, 0.1) is 6.92 Å². The second-order valence-electron chi connectivity index (χ2n) is 4.87. The molecule has 2 heterocycles. The number of hydrogen-bond donors (Lipinski definition) is 1. The smallest absolute Gasteiger partial charge is 0.350 e. The topological polar surface area (TPSA) is 65.3 Å². The lowest BCUT2D eigenvalue weighted by atomic mass is 10.1. The summed E-state index contributed by atoms with van der Waals surface area (Å²) in [5.41, 5.74) is 8.98. The Bertz CT molecular complexity index is 894. The van der Waals surface area contributed by atoms with Crippen molar-refractivity contribution in [2.75, 3.05) is 0 Å². The molecular formula is C15H14N4OS. The molecule has 106 valence electrons. The van der Waals surface area contributed by atoms with E-state index in [-0.39, 0.29) is 5.69 Å². The third-order valence-electron chi connectivity index (χ3n) is 3.44. The van der Waals surface area contributed by atoms with E-state index in [4.69, 9.17) is 18.0 Å². The van der Waals surface area contributed by atoms with Crippen molar-refractivity contribution in [3.63, 3.8) is 0 Å². The van der Waals surface area contributed by atoms with Gasteiger partial charge in [0.15, 0.2) is 5.65 Å². The Morgan fingerprint density at radius 2 is 2.14 bits per heavy atom. The first-order chi connectivity index (χ1) is 10.1. The Hall–Kier alpha value is -2.47. The van der Waals surface area contributed by atoms with E-state index < -0.39 is 0 Å². The number of fused-ring (bicyclic) bond motifs is 1. The van der Waals surface area contributed by atoms with Crippen molar-refractivity contribution in [2.45, 2.75) is 13.5 Å². The predicted octanol–water partition coefficient (Wildman–Crippen LogP) is 1.49. The van der Waals surface area contributed by atoms with Crippen LogP contribution >= 0.6 is 12.2 Å². The number of benzene rings is 1. The molecule has 0 saturated heterocycles. The Labute approximate surface area is 126 Å². The number of thiocarbonyl (C=S) groups is 1. The summed E-state index contributed by atoms with van der Waals surface area (Å²) < 4.78 is 2.98. The van der Waals surface area contributed by atoms with Crippen molar-refractivity contribution >= 4 is 22.9 Å². The number of aromatic nitrogens is 3. The Morgan fingerprint density at radius 1 is 1.33 bits per heavy atom. The average molecular weight is 298 g/mol. The fourth-order valence-corrected chi connectivity index (χ4v) is 2.39. The summed E-state index contributed by atoms with van der Waals surface area (Å²) in [4.78, 5) is 12.6. The van der Waals surface area contributed by atoms with Crippen LogP contribution < -0.4 is 11.4 Å². The molecule has 21 heavy (non-hydrogen) atoms. The van der Waals surface area contributed by atoms with Crippen LogP contribution in [-0.2, 0) is 6.54 Å². The number of rotatable bonds is 3. The van der Waals surface area contributed by atoms with Crippen LogP contribution in [0.4, 0.5) is 0 Å². The second kappa shape index (κ2) is 5.14. The van der Waals surface area contributed by atoms with Crippen LogP contribution in [0.25, 0.3) is 5.65 Å². The van der Waals surface area contributed by atoms with Gasteiger partial charge in [0, 0.05) is 11.8 Å². The van der Waals surface area contributed by atoms with Gasteiger partial charge in [-0.25, -0.2) is 9.48 Å². The molecule has 0 bridgehead atoms. The lowest BCUT2D eigenvalue weighted by molar-refractivity contribution is 0.656. The monoisotopic (exact) mass is 298 g/mol. The first kappa shape index (κ1) is 13.5. The van der Waals surface area contributed by atoms with Crippen molar-refractivity contribution in [3.8, 4) is 0 Å². The molecule has 0 spiro atoms. The summed E-state index contributed by atoms with van der Waals surface area (Å²) in [7, 11) is 0. The third-order valence-corrected chi connectivity index (χ3v) is 3.67. The molecule has 1 aromatic carbocycles. The summed E-state index contributed by atoms with van der Waals surface area (Å²) in [6.45, 7) is 2.39. The molecule has 0 fully saturated rings. The number of nitrogens with zero attached hydrogens (tertiary/aromatic N) is 3. The van der Waals surface area contributed by atoms with Gasteiger partial charge in [-0.3, -0.25) is 4.40 Å². The fourth-order valence-electron chi connectivity index (χ4n) is 2.26. The highest BCUT2D eigenvalue weighted by Crippen LogP contribution is 2.12. The summed E-state index contributed by atoms with van der Waals surface area (Å²) in [5, 5.41) is 4.32. The zero-order valence-electron chi connectivity index (χ0n) is 11.5. The van der Waals surface area contributed by atoms with Crippen molar-refractivity contribution in [1.82, 2.24) is 14.2 Å². The summed E-state index contributed by atoms with van der Waals surface area (Å²) in [5.74, 6) is 0. The minimum Gasteiger partial charge on any atom is -0.389 e. The molecule has 0 aliphatic rings. The van der Waals surface area contributed by atoms with Gasteiger partial charge in [0.05, 0.1) is 6.54 Å². The van der Waals surface area contributed by atoms with Gasteiger partial charge in [-0.05, 0) is 36.2 Å². The number of hydrogen-bond acceptors (Lipinski definition) is 3. The van der Waals surface area contributed by atoms with Crippen LogP contribution in [0.1, 0.15) is 16.7 Å². The molecule has 5 nitrogen and oxygen atoms in total. The average Bonchev–Trinajstić information content (AvgIpc) is 2.78. The molecule has 6 heteroatoms. The zero-order valence-corrected chi connectivity index (χ0v) is 12.3. The normalized spacial score (nSPS) is 10.9. The highest BCUT2D eigenvalue weighted by atomic mass is 32.1. The maximum absolute atomic E-state index is 12.2. The fraction of sp³-hybridized carbons (Fsp3) is 0.133. The number of aryl methyl sites for hydroxylation is 1. The van der Waals surface area contributed by atoms with E-state index in [1.807, 2.05) is 37.3 Å². The third kappa shape index (κ3) is 2.45. The van der Waals surface area contributed by atoms with Gasteiger partial charge in [-0.15, -0.1) is 5.10 Å². The molecule has 2 N–H and O–H groups in total. The van der Waals surface area contributed by atoms with E-state index in [2.05, 4.69) is 5.10 Å². The van der Waals surface area contributed by atoms with Crippen LogP contribution in [0.3, 0.4) is 0 Å².